The third-order valence-corrected chi connectivity index (χ3v) is 6.60. The van der Waals surface area contributed by atoms with Crippen LogP contribution >= 0.6 is 22.7 Å². The molecule has 0 saturated carbocycles. The van der Waals surface area contributed by atoms with Crippen molar-refractivity contribution in [3.8, 4) is 6.07 Å². The number of carbonyl (C=O) groups excluding carboxylic acids is 1. The van der Waals surface area contributed by atoms with E-state index in [4.69, 9.17) is 0 Å². The van der Waals surface area contributed by atoms with Crippen LogP contribution in [0.25, 0.3) is 0 Å². The van der Waals surface area contributed by atoms with Gasteiger partial charge in [0.25, 0.3) is 0 Å². The number of carbonyl (C=O) groups is 1. The van der Waals surface area contributed by atoms with Gasteiger partial charge in [0.1, 0.15) is 5.51 Å². The van der Waals surface area contributed by atoms with E-state index in [-0.39, 0.29) is 11.8 Å². The van der Waals surface area contributed by atoms with E-state index in [1.54, 1.807) is 16.8 Å². The van der Waals surface area contributed by atoms with Gasteiger partial charge in [-0.1, -0.05) is 17.4 Å². The van der Waals surface area contributed by atoms with Gasteiger partial charge in [0.2, 0.25) is 11.0 Å². The minimum Gasteiger partial charge on any atom is -0.300 e. The van der Waals surface area contributed by atoms with E-state index in [9.17, 15) is 10.1 Å². The lowest BCUT2D eigenvalue weighted by Gasteiger charge is -2.29. The summed E-state index contributed by atoms with van der Waals surface area (Å²) >= 11 is 3.01. The lowest BCUT2D eigenvalue weighted by molar-refractivity contribution is -0.125. The predicted octanol–water partition coefficient (Wildman–Crippen LogP) is 4.11. The molecule has 2 aromatic heterocycles. The Hall–Kier alpha value is -2.56. The Balaban J connectivity index is 1.80. The molecule has 0 radical (unpaired) electrons. The number of amides is 1. The van der Waals surface area contributed by atoms with Crippen LogP contribution in [-0.2, 0) is 11.2 Å². The predicted molar refractivity (Wildman–Crippen MR) is 102 cm³/mol. The number of anilines is 1. The molecule has 130 valence electrons. The Kier molecular flexibility index (Phi) is 4.10. The van der Waals surface area contributed by atoms with Crippen molar-refractivity contribution in [2.24, 2.45) is 5.41 Å². The van der Waals surface area contributed by atoms with E-state index in [1.165, 1.54) is 16.2 Å². The van der Waals surface area contributed by atoms with E-state index in [1.807, 2.05) is 25.1 Å². The van der Waals surface area contributed by atoms with Crippen LogP contribution in [0.1, 0.15) is 39.3 Å². The van der Waals surface area contributed by atoms with Crippen LogP contribution in [0.4, 0.5) is 5.13 Å². The smallest absolute Gasteiger partial charge is 0.233 e. The Morgan fingerprint density at radius 2 is 2.23 bits per heavy atom. The number of thiophene rings is 1. The molecule has 0 aliphatic heterocycles. The molecule has 1 aliphatic rings. The average molecular weight is 380 g/mol. The number of aromatic nitrogens is 2. The Labute approximate surface area is 159 Å². The minimum atomic E-state index is -0.653. The number of nitrogens with one attached hydrogen (secondary N) is 1. The van der Waals surface area contributed by atoms with Gasteiger partial charge in [0.15, 0.2) is 0 Å². The minimum absolute atomic E-state index is 0.0694. The van der Waals surface area contributed by atoms with Crippen molar-refractivity contribution in [3.05, 3.63) is 62.3 Å². The second-order valence-corrected chi connectivity index (χ2v) is 8.85. The number of nitriles is 1. The maximum absolute atomic E-state index is 13.2. The van der Waals surface area contributed by atoms with Crippen molar-refractivity contribution < 1.29 is 4.79 Å². The van der Waals surface area contributed by atoms with Gasteiger partial charge < -0.3 is 5.32 Å². The number of fused-ring (bicyclic) bond motifs is 1. The van der Waals surface area contributed by atoms with Gasteiger partial charge in [-0.2, -0.15) is 5.26 Å². The van der Waals surface area contributed by atoms with Gasteiger partial charge in [-0.15, -0.1) is 21.5 Å². The third kappa shape index (κ3) is 2.71. The van der Waals surface area contributed by atoms with Gasteiger partial charge in [0, 0.05) is 15.7 Å². The van der Waals surface area contributed by atoms with Crippen LogP contribution < -0.4 is 5.32 Å². The first kappa shape index (κ1) is 16.9. The molecule has 2 atom stereocenters. The summed E-state index contributed by atoms with van der Waals surface area (Å²) in [6, 6.07) is 12.1. The third-order valence-electron chi connectivity index (χ3n) is 4.93. The molecule has 1 aliphatic carbocycles. The number of nitrogens with zero attached hydrogens (tertiary/aromatic N) is 3. The van der Waals surface area contributed by atoms with Crippen molar-refractivity contribution in [1.29, 1.82) is 5.26 Å². The first-order valence-corrected chi connectivity index (χ1v) is 9.88. The summed E-state index contributed by atoms with van der Waals surface area (Å²) in [6.07, 6.45) is 0.625. The lowest BCUT2D eigenvalue weighted by atomic mass is 9.76. The highest BCUT2D eigenvalue weighted by Gasteiger charge is 2.49. The number of rotatable bonds is 3. The number of hydrogen-bond acceptors (Lipinski definition) is 6. The highest BCUT2D eigenvalue weighted by atomic mass is 32.1. The van der Waals surface area contributed by atoms with Crippen molar-refractivity contribution in [2.45, 2.75) is 26.2 Å². The summed E-state index contributed by atoms with van der Waals surface area (Å²) in [5, 5.41) is 20.4. The molecule has 0 spiro atoms. The maximum atomic E-state index is 13.2. The second-order valence-electron chi connectivity index (χ2n) is 6.70. The Morgan fingerprint density at radius 3 is 2.88 bits per heavy atom. The maximum Gasteiger partial charge on any atom is 0.233 e. The Bertz CT molecular complexity index is 1020. The number of hydrogen-bond donors (Lipinski definition) is 1. The summed E-state index contributed by atoms with van der Waals surface area (Å²) in [5.41, 5.74) is 3.76. The van der Waals surface area contributed by atoms with Crippen LogP contribution in [0, 0.1) is 23.7 Å². The Morgan fingerprint density at radius 1 is 1.38 bits per heavy atom. The summed E-state index contributed by atoms with van der Waals surface area (Å²) in [6.45, 7) is 4.06. The molecule has 0 fully saturated rings. The summed E-state index contributed by atoms with van der Waals surface area (Å²) in [4.78, 5) is 15.6. The van der Waals surface area contributed by atoms with Gasteiger partial charge in [0.05, 0.1) is 17.0 Å². The molecule has 7 heteroatoms. The second kappa shape index (κ2) is 6.31. The molecular formula is C19H16N4OS2. The lowest BCUT2D eigenvalue weighted by Crippen LogP contribution is -2.37. The van der Waals surface area contributed by atoms with Gasteiger partial charge >= 0.3 is 0 Å². The largest absolute Gasteiger partial charge is 0.300 e. The number of aryl methyl sites for hydroxylation is 1. The SMILES string of the molecule is Cc1ccc([C@@H]2c3cc(C#N)ccc3C[C@]2(C)C(=O)Nc2nncs2)s1. The topological polar surface area (TPSA) is 78.7 Å². The van der Waals surface area contributed by atoms with E-state index in [0.717, 1.165) is 16.0 Å². The monoisotopic (exact) mass is 380 g/mol. The highest BCUT2D eigenvalue weighted by molar-refractivity contribution is 7.13. The van der Waals surface area contributed by atoms with Crippen molar-refractivity contribution in [3.63, 3.8) is 0 Å². The fraction of sp³-hybridized carbons (Fsp3) is 0.263. The quantitative estimate of drug-likeness (QED) is 0.741. The molecule has 4 rings (SSSR count). The highest BCUT2D eigenvalue weighted by Crippen LogP contribution is 2.52. The zero-order chi connectivity index (χ0) is 18.3. The standard InChI is InChI=1S/C19H16N4OS2/c1-11-3-6-15(26-11)16-14-7-12(9-20)4-5-13(14)8-19(16,2)17(24)22-18-23-21-10-25-18/h3-7,10,16H,8H2,1-2H3,(H,22,23,24)/t16-,19-/m0/s1. The van der Waals surface area contributed by atoms with Crippen molar-refractivity contribution in [1.82, 2.24) is 10.2 Å². The summed E-state index contributed by atoms with van der Waals surface area (Å²) < 4.78 is 0. The molecule has 3 aromatic rings. The molecule has 0 unspecified atom stereocenters. The van der Waals surface area contributed by atoms with Crippen LogP contribution in [-0.4, -0.2) is 16.1 Å². The first-order chi connectivity index (χ1) is 12.5. The fourth-order valence-electron chi connectivity index (χ4n) is 3.69. The zero-order valence-electron chi connectivity index (χ0n) is 14.3. The molecule has 2 heterocycles. The molecule has 1 N–H and O–H groups in total. The number of benzene rings is 1. The molecule has 0 bridgehead atoms. The molecule has 1 amide bonds. The molecule has 0 saturated heterocycles. The molecule has 1 aromatic carbocycles. The average Bonchev–Trinajstić information content (AvgIpc) is 3.33. The van der Waals surface area contributed by atoms with E-state index < -0.39 is 5.41 Å². The normalized spacial score (nSPS) is 21.2. The first-order valence-electron chi connectivity index (χ1n) is 8.18. The zero-order valence-corrected chi connectivity index (χ0v) is 15.9. The van der Waals surface area contributed by atoms with Crippen LogP contribution in [0.5, 0.6) is 0 Å². The summed E-state index contributed by atoms with van der Waals surface area (Å²) in [5.74, 6) is -0.155. The van der Waals surface area contributed by atoms with E-state index >= 15 is 0 Å². The van der Waals surface area contributed by atoms with Crippen molar-refractivity contribution >= 4 is 33.7 Å². The molecule has 5 nitrogen and oxygen atoms in total. The van der Waals surface area contributed by atoms with Crippen LogP contribution in [0.2, 0.25) is 0 Å². The van der Waals surface area contributed by atoms with Gasteiger partial charge in [-0.05, 0) is 55.7 Å². The van der Waals surface area contributed by atoms with Crippen LogP contribution in [0.3, 0.4) is 0 Å². The summed E-state index contributed by atoms with van der Waals surface area (Å²) in [7, 11) is 0. The molecular weight excluding hydrogens is 364 g/mol. The van der Waals surface area contributed by atoms with Gasteiger partial charge in [-0.25, -0.2) is 0 Å². The van der Waals surface area contributed by atoms with Crippen molar-refractivity contribution in [2.75, 3.05) is 5.32 Å². The van der Waals surface area contributed by atoms with Gasteiger partial charge in [-0.3, -0.25) is 4.79 Å². The van der Waals surface area contributed by atoms with E-state index in [0.29, 0.717) is 17.1 Å². The molecule has 26 heavy (non-hydrogen) atoms. The van der Waals surface area contributed by atoms with Crippen LogP contribution in [0.15, 0.2) is 35.8 Å². The fourth-order valence-corrected chi connectivity index (χ4v) is 5.28. The van der Waals surface area contributed by atoms with E-state index in [2.05, 4.69) is 40.6 Å².